The normalized spacial score (nSPS) is 14.5. The molecule has 1 fully saturated rings. The molecule has 3 rings (SSSR count). The van der Waals surface area contributed by atoms with Crippen LogP contribution in [-0.2, 0) is 19.6 Å². The third-order valence-corrected chi connectivity index (χ3v) is 6.66. The number of nitrogens with one attached hydrogen (secondary N) is 2. The molecule has 0 unspecified atom stereocenters. The van der Waals surface area contributed by atoms with Crippen molar-refractivity contribution in [3.05, 3.63) is 65.5 Å². The average molecular weight is 463 g/mol. The number of Topliss-reactive ketones (excluding diaryl/α,β-unsaturated/α-hetero) is 1. The van der Waals surface area contributed by atoms with E-state index in [1.807, 2.05) is 0 Å². The fraction of sp³-hybridized carbons (Fsp3) is 0.286. The van der Waals surface area contributed by atoms with Gasteiger partial charge in [-0.2, -0.15) is 4.31 Å². The first kappa shape index (κ1) is 23.5. The summed E-state index contributed by atoms with van der Waals surface area (Å²) in [4.78, 5) is 36.3. The highest BCUT2D eigenvalue weighted by Crippen LogP contribution is 2.18. The maximum Gasteiger partial charge on any atom is 0.269 e. The first-order valence-corrected chi connectivity index (χ1v) is 11.3. The summed E-state index contributed by atoms with van der Waals surface area (Å²) in [6.45, 7) is 1.06. The van der Waals surface area contributed by atoms with Gasteiger partial charge in [0, 0.05) is 37.1 Å². The highest BCUT2D eigenvalue weighted by atomic mass is 32.2. The molecule has 1 aliphatic rings. The number of ketones is 1. The molecule has 0 aromatic heterocycles. The number of hydrazine groups is 1. The van der Waals surface area contributed by atoms with Crippen molar-refractivity contribution < 1.29 is 31.9 Å². The lowest BCUT2D eigenvalue weighted by atomic mass is 10.1. The van der Waals surface area contributed by atoms with Crippen LogP contribution in [0.3, 0.4) is 0 Å². The second kappa shape index (κ2) is 10.4. The summed E-state index contributed by atoms with van der Waals surface area (Å²) in [5.74, 6) is -2.12. The van der Waals surface area contributed by atoms with Crippen molar-refractivity contribution in [2.24, 2.45) is 0 Å². The molecule has 0 radical (unpaired) electrons. The molecule has 0 atom stereocenters. The minimum Gasteiger partial charge on any atom is -0.379 e. The van der Waals surface area contributed by atoms with Gasteiger partial charge in [-0.05, 0) is 42.5 Å². The number of nitrogens with zero attached hydrogens (tertiary/aromatic N) is 1. The Morgan fingerprint density at radius 2 is 1.62 bits per heavy atom. The number of benzene rings is 2. The Labute approximate surface area is 184 Å². The average Bonchev–Trinajstić information content (AvgIpc) is 2.82. The molecule has 32 heavy (non-hydrogen) atoms. The molecule has 9 nitrogen and oxygen atoms in total. The van der Waals surface area contributed by atoms with Crippen molar-refractivity contribution >= 4 is 27.6 Å². The quantitative estimate of drug-likeness (QED) is 0.471. The summed E-state index contributed by atoms with van der Waals surface area (Å²) in [5, 5.41) is 0. The number of ether oxygens (including phenoxy) is 1. The number of sulfonamides is 1. The summed E-state index contributed by atoms with van der Waals surface area (Å²) in [7, 11) is -3.77. The predicted molar refractivity (Wildman–Crippen MR) is 112 cm³/mol. The van der Waals surface area contributed by atoms with Crippen molar-refractivity contribution in [3.63, 3.8) is 0 Å². The molecule has 170 valence electrons. The van der Waals surface area contributed by atoms with Crippen molar-refractivity contribution in [2.75, 3.05) is 26.3 Å². The zero-order chi connectivity index (χ0) is 23.1. The van der Waals surface area contributed by atoms with Gasteiger partial charge in [-0.25, -0.2) is 12.8 Å². The minimum absolute atomic E-state index is 0.0386. The molecule has 11 heteroatoms. The van der Waals surface area contributed by atoms with E-state index >= 15 is 0 Å². The number of carbonyl (C=O) groups excluding carboxylic acids is 3. The Balaban J connectivity index is 1.53. The Hall–Kier alpha value is -3.15. The Bertz CT molecular complexity index is 1100. The van der Waals surface area contributed by atoms with Gasteiger partial charge in [-0.3, -0.25) is 25.2 Å². The first-order valence-electron chi connectivity index (χ1n) is 9.83. The largest absolute Gasteiger partial charge is 0.379 e. The highest BCUT2D eigenvalue weighted by Gasteiger charge is 2.27. The van der Waals surface area contributed by atoms with Crippen LogP contribution in [0.1, 0.15) is 33.6 Å². The molecule has 1 heterocycles. The van der Waals surface area contributed by atoms with Gasteiger partial charge in [0.1, 0.15) is 5.82 Å². The number of carbonyl (C=O) groups is 3. The van der Waals surface area contributed by atoms with Crippen LogP contribution in [0.15, 0.2) is 53.4 Å². The highest BCUT2D eigenvalue weighted by molar-refractivity contribution is 7.89. The van der Waals surface area contributed by atoms with Gasteiger partial charge in [0.25, 0.3) is 5.91 Å². The maximum absolute atomic E-state index is 12.9. The molecule has 2 aromatic carbocycles. The molecule has 0 aliphatic carbocycles. The summed E-state index contributed by atoms with van der Waals surface area (Å²) in [5.41, 5.74) is 4.71. The van der Waals surface area contributed by atoms with Gasteiger partial charge >= 0.3 is 0 Å². The summed E-state index contributed by atoms with van der Waals surface area (Å²) < 4.78 is 44.8. The van der Waals surface area contributed by atoms with Crippen LogP contribution >= 0.6 is 0 Å². The molecule has 0 spiro atoms. The Morgan fingerprint density at radius 1 is 0.938 bits per heavy atom. The molecule has 1 aliphatic heterocycles. The third-order valence-electron chi connectivity index (χ3n) is 4.76. The summed E-state index contributed by atoms with van der Waals surface area (Å²) in [6, 6.07) is 10.4. The van der Waals surface area contributed by atoms with Crippen molar-refractivity contribution in [1.82, 2.24) is 15.2 Å². The molecular formula is C21H22FN3O6S. The van der Waals surface area contributed by atoms with Crippen LogP contribution in [0.25, 0.3) is 0 Å². The number of rotatable bonds is 7. The van der Waals surface area contributed by atoms with Gasteiger partial charge in [0.15, 0.2) is 5.78 Å². The molecule has 2 amide bonds. The minimum atomic E-state index is -3.77. The second-order valence-corrected chi connectivity index (χ2v) is 8.91. The predicted octanol–water partition coefficient (Wildman–Crippen LogP) is 1.27. The number of hydrogen-bond donors (Lipinski definition) is 2. The van der Waals surface area contributed by atoms with Gasteiger partial charge in [0.05, 0.1) is 18.1 Å². The molecule has 2 aromatic rings. The summed E-state index contributed by atoms with van der Waals surface area (Å²) >= 11 is 0. The number of halogens is 1. The lowest BCUT2D eigenvalue weighted by Crippen LogP contribution is -2.42. The van der Waals surface area contributed by atoms with E-state index < -0.39 is 27.7 Å². The monoisotopic (exact) mass is 463 g/mol. The van der Waals surface area contributed by atoms with Crippen molar-refractivity contribution in [2.45, 2.75) is 17.7 Å². The fourth-order valence-electron chi connectivity index (χ4n) is 3.00. The van der Waals surface area contributed by atoms with Crippen LogP contribution < -0.4 is 10.9 Å². The molecule has 0 saturated carbocycles. The summed E-state index contributed by atoms with van der Waals surface area (Å²) in [6.07, 6.45) is -0.317. The van der Waals surface area contributed by atoms with E-state index in [1.54, 1.807) is 0 Å². The van der Waals surface area contributed by atoms with E-state index in [0.717, 1.165) is 12.1 Å². The number of amides is 2. The topological polar surface area (TPSA) is 122 Å². The molecule has 0 bridgehead atoms. The molecule has 2 N–H and O–H groups in total. The lowest BCUT2D eigenvalue weighted by Gasteiger charge is -2.26. The van der Waals surface area contributed by atoms with Gasteiger partial charge < -0.3 is 4.74 Å². The molecule has 1 saturated heterocycles. The van der Waals surface area contributed by atoms with Gasteiger partial charge in [-0.15, -0.1) is 0 Å². The first-order chi connectivity index (χ1) is 15.3. The van der Waals surface area contributed by atoms with E-state index in [9.17, 15) is 27.2 Å². The van der Waals surface area contributed by atoms with E-state index in [2.05, 4.69) is 10.9 Å². The van der Waals surface area contributed by atoms with E-state index in [-0.39, 0.29) is 47.7 Å². The van der Waals surface area contributed by atoms with Crippen LogP contribution in [0.2, 0.25) is 0 Å². The van der Waals surface area contributed by atoms with Crippen LogP contribution in [0, 0.1) is 5.82 Å². The standard InChI is InChI=1S/C21H22FN3O6S/c22-17-6-4-15(5-7-17)19(26)8-9-20(27)23-24-21(28)16-2-1-3-18(14-16)32(29,30)25-10-12-31-13-11-25/h1-7,14H,8-13H2,(H,23,27)(H,24,28). The Kier molecular flexibility index (Phi) is 7.67. The maximum atomic E-state index is 12.9. The van der Waals surface area contributed by atoms with Crippen LogP contribution in [0.4, 0.5) is 4.39 Å². The van der Waals surface area contributed by atoms with Crippen molar-refractivity contribution in [3.8, 4) is 0 Å². The number of hydrogen-bond acceptors (Lipinski definition) is 6. The molecular weight excluding hydrogens is 441 g/mol. The smallest absolute Gasteiger partial charge is 0.269 e. The third kappa shape index (κ3) is 5.96. The van der Waals surface area contributed by atoms with Crippen molar-refractivity contribution in [1.29, 1.82) is 0 Å². The lowest BCUT2D eigenvalue weighted by molar-refractivity contribution is -0.121. The number of morpholine rings is 1. The SMILES string of the molecule is O=C(CCC(=O)c1ccc(F)cc1)NNC(=O)c1cccc(S(=O)(=O)N2CCOCC2)c1. The van der Waals surface area contributed by atoms with E-state index in [1.165, 1.54) is 40.7 Å². The Morgan fingerprint density at radius 3 is 2.31 bits per heavy atom. The fourth-order valence-corrected chi connectivity index (χ4v) is 4.46. The van der Waals surface area contributed by atoms with Crippen LogP contribution in [0.5, 0.6) is 0 Å². The van der Waals surface area contributed by atoms with Gasteiger partial charge in [-0.1, -0.05) is 6.07 Å². The van der Waals surface area contributed by atoms with Gasteiger partial charge in [0.2, 0.25) is 15.9 Å². The zero-order valence-corrected chi connectivity index (χ0v) is 17.9. The van der Waals surface area contributed by atoms with Crippen LogP contribution in [-0.4, -0.2) is 56.6 Å². The second-order valence-electron chi connectivity index (χ2n) is 6.98. The van der Waals surface area contributed by atoms with E-state index in [4.69, 9.17) is 4.74 Å². The zero-order valence-electron chi connectivity index (χ0n) is 17.0. The van der Waals surface area contributed by atoms with E-state index in [0.29, 0.717) is 13.2 Å².